The van der Waals surface area contributed by atoms with Crippen molar-refractivity contribution < 1.29 is 0 Å². The molecule has 1 aliphatic rings. The van der Waals surface area contributed by atoms with Gasteiger partial charge in [-0.3, -0.25) is 0 Å². The average Bonchev–Trinajstić information content (AvgIpc) is 2.71. The summed E-state index contributed by atoms with van der Waals surface area (Å²) < 4.78 is 2.35. The molecule has 1 atom stereocenters. The van der Waals surface area contributed by atoms with Gasteiger partial charge in [-0.05, 0) is 39.8 Å². The van der Waals surface area contributed by atoms with Crippen molar-refractivity contribution in [3.05, 3.63) is 11.9 Å². The van der Waals surface area contributed by atoms with Crippen molar-refractivity contribution in [1.29, 1.82) is 0 Å². The minimum atomic E-state index is 0.578. The van der Waals surface area contributed by atoms with E-state index in [9.17, 15) is 0 Å². The lowest BCUT2D eigenvalue weighted by Gasteiger charge is -2.31. The SMILES string of the molecule is CCCCNc1nc(C)cn1C1CCCN(C)C1. The fraction of sp³-hybridized carbons (Fsp3) is 0.786. The summed E-state index contributed by atoms with van der Waals surface area (Å²) in [6, 6.07) is 0.578. The minimum Gasteiger partial charge on any atom is -0.356 e. The third-order valence-corrected chi connectivity index (χ3v) is 3.66. The highest BCUT2D eigenvalue weighted by Gasteiger charge is 2.21. The summed E-state index contributed by atoms with van der Waals surface area (Å²) in [5.41, 5.74) is 1.11. The maximum Gasteiger partial charge on any atom is 0.203 e. The van der Waals surface area contributed by atoms with Crippen LogP contribution in [0.25, 0.3) is 0 Å². The van der Waals surface area contributed by atoms with Crippen LogP contribution in [0.15, 0.2) is 6.20 Å². The second-order valence-electron chi connectivity index (χ2n) is 5.45. The van der Waals surface area contributed by atoms with E-state index in [0.29, 0.717) is 6.04 Å². The number of piperidine rings is 1. The van der Waals surface area contributed by atoms with Gasteiger partial charge in [-0.25, -0.2) is 4.98 Å². The Morgan fingerprint density at radius 1 is 1.50 bits per heavy atom. The van der Waals surface area contributed by atoms with E-state index in [2.05, 4.69) is 46.9 Å². The molecule has 2 heterocycles. The fourth-order valence-corrected chi connectivity index (χ4v) is 2.67. The van der Waals surface area contributed by atoms with Gasteiger partial charge in [-0.2, -0.15) is 0 Å². The zero-order valence-electron chi connectivity index (χ0n) is 11.9. The Hall–Kier alpha value is -1.03. The smallest absolute Gasteiger partial charge is 0.203 e. The van der Waals surface area contributed by atoms with Gasteiger partial charge in [-0.1, -0.05) is 13.3 Å². The molecular formula is C14H26N4. The van der Waals surface area contributed by atoms with Gasteiger partial charge in [0, 0.05) is 25.3 Å². The number of nitrogens with one attached hydrogen (secondary N) is 1. The molecule has 4 heteroatoms. The number of likely N-dealkylation sites (tertiary alicyclic amines) is 1. The first-order chi connectivity index (χ1) is 8.70. The van der Waals surface area contributed by atoms with E-state index in [1.54, 1.807) is 0 Å². The van der Waals surface area contributed by atoms with Crippen LogP contribution in [-0.4, -0.2) is 41.1 Å². The van der Waals surface area contributed by atoms with E-state index in [1.165, 1.54) is 32.2 Å². The molecule has 0 spiro atoms. The summed E-state index contributed by atoms with van der Waals surface area (Å²) in [6.07, 6.45) is 7.17. The lowest BCUT2D eigenvalue weighted by atomic mass is 10.1. The molecule has 0 amide bonds. The number of anilines is 1. The summed E-state index contributed by atoms with van der Waals surface area (Å²) >= 11 is 0. The van der Waals surface area contributed by atoms with Crippen LogP contribution in [0, 0.1) is 6.92 Å². The van der Waals surface area contributed by atoms with E-state index < -0.39 is 0 Å². The minimum absolute atomic E-state index is 0.578. The highest BCUT2D eigenvalue weighted by Crippen LogP contribution is 2.24. The lowest BCUT2D eigenvalue weighted by molar-refractivity contribution is 0.213. The third kappa shape index (κ3) is 3.25. The van der Waals surface area contributed by atoms with E-state index in [1.807, 2.05) is 0 Å². The largest absolute Gasteiger partial charge is 0.356 e. The Bertz CT molecular complexity index is 372. The Balaban J connectivity index is 2.05. The number of rotatable bonds is 5. The van der Waals surface area contributed by atoms with Crippen LogP contribution >= 0.6 is 0 Å². The number of nitrogens with zero attached hydrogens (tertiary/aromatic N) is 3. The van der Waals surface area contributed by atoms with Crippen LogP contribution < -0.4 is 5.32 Å². The molecule has 1 fully saturated rings. The van der Waals surface area contributed by atoms with Crippen molar-refractivity contribution >= 4 is 5.95 Å². The zero-order chi connectivity index (χ0) is 13.0. The summed E-state index contributed by atoms with van der Waals surface area (Å²) in [7, 11) is 2.21. The van der Waals surface area contributed by atoms with Crippen LogP contribution in [0.3, 0.4) is 0 Å². The van der Waals surface area contributed by atoms with Crippen molar-refractivity contribution in [1.82, 2.24) is 14.5 Å². The molecule has 0 saturated carbocycles. The van der Waals surface area contributed by atoms with Gasteiger partial charge >= 0.3 is 0 Å². The number of aryl methyl sites for hydroxylation is 1. The number of aromatic nitrogens is 2. The molecule has 1 aliphatic heterocycles. The molecule has 0 aliphatic carbocycles. The van der Waals surface area contributed by atoms with Crippen LogP contribution in [0.1, 0.15) is 44.3 Å². The van der Waals surface area contributed by atoms with Crippen molar-refractivity contribution in [3.63, 3.8) is 0 Å². The predicted molar refractivity (Wildman–Crippen MR) is 76.1 cm³/mol. The molecule has 1 aromatic heterocycles. The van der Waals surface area contributed by atoms with Gasteiger partial charge in [0.25, 0.3) is 0 Å². The first kappa shape index (κ1) is 13.4. The van der Waals surface area contributed by atoms with Crippen LogP contribution in [-0.2, 0) is 0 Å². The molecule has 1 unspecified atom stereocenters. The maximum absolute atomic E-state index is 4.62. The summed E-state index contributed by atoms with van der Waals surface area (Å²) in [5, 5.41) is 3.48. The van der Waals surface area contributed by atoms with Gasteiger partial charge in [0.15, 0.2) is 0 Å². The van der Waals surface area contributed by atoms with Crippen LogP contribution in [0.4, 0.5) is 5.95 Å². The molecule has 18 heavy (non-hydrogen) atoms. The second-order valence-corrected chi connectivity index (χ2v) is 5.45. The maximum atomic E-state index is 4.62. The van der Waals surface area contributed by atoms with Crippen molar-refractivity contribution in [3.8, 4) is 0 Å². The summed E-state index contributed by atoms with van der Waals surface area (Å²) in [5.74, 6) is 1.06. The molecular weight excluding hydrogens is 224 g/mol. The fourth-order valence-electron chi connectivity index (χ4n) is 2.67. The molecule has 1 saturated heterocycles. The molecule has 0 radical (unpaired) electrons. The monoisotopic (exact) mass is 250 g/mol. The number of hydrogen-bond donors (Lipinski definition) is 1. The molecule has 4 nitrogen and oxygen atoms in total. The number of likely N-dealkylation sites (N-methyl/N-ethyl adjacent to an activating group) is 1. The van der Waals surface area contributed by atoms with Crippen molar-refractivity contribution in [2.24, 2.45) is 0 Å². The van der Waals surface area contributed by atoms with Gasteiger partial charge in [0.05, 0.1) is 5.69 Å². The van der Waals surface area contributed by atoms with Crippen LogP contribution in [0.5, 0.6) is 0 Å². The quantitative estimate of drug-likeness (QED) is 0.816. The molecule has 0 aromatic carbocycles. The van der Waals surface area contributed by atoms with E-state index in [0.717, 1.165) is 24.7 Å². The lowest BCUT2D eigenvalue weighted by Crippen LogP contribution is -2.33. The number of hydrogen-bond acceptors (Lipinski definition) is 3. The molecule has 1 N–H and O–H groups in total. The second kappa shape index (κ2) is 6.23. The van der Waals surface area contributed by atoms with Gasteiger partial charge in [0.2, 0.25) is 5.95 Å². The molecule has 2 rings (SSSR count). The Morgan fingerprint density at radius 2 is 2.33 bits per heavy atom. The summed E-state index contributed by atoms with van der Waals surface area (Å²) in [4.78, 5) is 7.03. The van der Waals surface area contributed by atoms with Crippen LogP contribution in [0.2, 0.25) is 0 Å². The van der Waals surface area contributed by atoms with Gasteiger partial charge in [0.1, 0.15) is 0 Å². The molecule has 1 aromatic rings. The first-order valence-electron chi connectivity index (χ1n) is 7.18. The molecule has 102 valence electrons. The number of imidazole rings is 1. The van der Waals surface area contributed by atoms with Gasteiger partial charge in [-0.15, -0.1) is 0 Å². The third-order valence-electron chi connectivity index (χ3n) is 3.66. The normalized spacial score (nSPS) is 21.2. The molecule has 0 bridgehead atoms. The Kier molecular flexibility index (Phi) is 4.64. The highest BCUT2D eigenvalue weighted by molar-refractivity contribution is 5.29. The van der Waals surface area contributed by atoms with E-state index >= 15 is 0 Å². The average molecular weight is 250 g/mol. The number of unbranched alkanes of at least 4 members (excludes halogenated alkanes) is 1. The zero-order valence-corrected chi connectivity index (χ0v) is 11.9. The van der Waals surface area contributed by atoms with Gasteiger partial charge < -0.3 is 14.8 Å². The standard InChI is InChI=1S/C14H26N4/c1-4-5-8-15-14-16-12(2)10-18(14)13-7-6-9-17(3)11-13/h10,13H,4-9,11H2,1-3H3,(H,15,16). The van der Waals surface area contributed by atoms with Crippen molar-refractivity contribution in [2.75, 3.05) is 32.0 Å². The van der Waals surface area contributed by atoms with E-state index in [-0.39, 0.29) is 0 Å². The van der Waals surface area contributed by atoms with E-state index in [4.69, 9.17) is 0 Å². The Morgan fingerprint density at radius 3 is 3.06 bits per heavy atom. The Labute approximate surface area is 110 Å². The first-order valence-corrected chi connectivity index (χ1v) is 7.18. The topological polar surface area (TPSA) is 33.1 Å². The highest BCUT2D eigenvalue weighted by atomic mass is 15.2. The summed E-state index contributed by atoms with van der Waals surface area (Å²) in [6.45, 7) is 7.68. The predicted octanol–water partition coefficient (Wildman–Crippen LogP) is 2.67. The van der Waals surface area contributed by atoms with Crippen molar-refractivity contribution in [2.45, 2.75) is 45.6 Å².